The first-order valence-corrected chi connectivity index (χ1v) is 13.1. The molecule has 1 fully saturated rings. The molecule has 8 heteroatoms. The van der Waals surface area contributed by atoms with Gasteiger partial charge in [0.05, 0.1) is 12.1 Å². The van der Waals surface area contributed by atoms with E-state index in [1.165, 1.54) is 18.2 Å². The Hall–Kier alpha value is -3.42. The molecule has 0 atom stereocenters. The lowest BCUT2D eigenvalue weighted by Gasteiger charge is -2.34. The largest absolute Gasteiger partial charge is 0.354 e. The molecule has 0 radical (unpaired) electrons. The summed E-state index contributed by atoms with van der Waals surface area (Å²) in [6.45, 7) is 1.84. The molecule has 1 N–H and O–H groups in total. The summed E-state index contributed by atoms with van der Waals surface area (Å²) in [6.07, 6.45) is 3.44. The van der Waals surface area contributed by atoms with E-state index in [9.17, 15) is 14.0 Å². The van der Waals surface area contributed by atoms with Crippen LogP contribution >= 0.6 is 27.5 Å². The molecule has 5 nitrogen and oxygen atoms in total. The predicted octanol–water partition coefficient (Wildman–Crippen LogP) is 6.32. The van der Waals surface area contributed by atoms with E-state index in [-0.39, 0.29) is 24.1 Å². The molecule has 5 rings (SSSR count). The molecule has 37 heavy (non-hydrogen) atoms. The van der Waals surface area contributed by atoms with Crippen LogP contribution in [0.4, 0.5) is 4.39 Å². The first kappa shape index (κ1) is 25.2. The molecule has 0 spiro atoms. The molecule has 0 unspecified atom stereocenters. The quantitative estimate of drug-likeness (QED) is 0.281. The Morgan fingerprint density at radius 2 is 1.68 bits per heavy atom. The lowest BCUT2D eigenvalue weighted by atomic mass is 10.0. The van der Waals surface area contributed by atoms with Gasteiger partial charge in [0.15, 0.2) is 0 Å². The number of fused-ring (bicyclic) bond motifs is 1. The molecule has 0 bridgehead atoms. The smallest absolute Gasteiger partial charge is 0.246 e. The van der Waals surface area contributed by atoms with Crippen molar-refractivity contribution in [3.63, 3.8) is 0 Å². The molecule has 1 aliphatic rings. The third kappa shape index (κ3) is 5.63. The van der Waals surface area contributed by atoms with Gasteiger partial charge in [-0.1, -0.05) is 45.7 Å². The zero-order chi connectivity index (χ0) is 25.9. The summed E-state index contributed by atoms with van der Waals surface area (Å²) < 4.78 is 14.5. The van der Waals surface area contributed by atoms with Gasteiger partial charge >= 0.3 is 0 Å². The van der Waals surface area contributed by atoms with Crippen molar-refractivity contribution in [1.29, 1.82) is 0 Å². The second kappa shape index (κ2) is 10.9. The number of hydrogen-bond acceptors (Lipinski definition) is 2. The van der Waals surface area contributed by atoms with Crippen molar-refractivity contribution in [2.24, 2.45) is 0 Å². The molecular formula is C29H24BrClFN3O2. The standard InChI is InChI=1S/C29H24BrClFN3O2/c30-21-8-11-26-23(17-21)24(29(33-26)20-5-9-22(32)10-6-20)18-28(37)35-15-13-34(14-16-35)27(36)12-7-19-3-1-2-4-25(19)31/h1-12,17,33H,13-16,18H2/b12-7+. The van der Waals surface area contributed by atoms with Crippen LogP contribution < -0.4 is 0 Å². The highest BCUT2D eigenvalue weighted by molar-refractivity contribution is 9.10. The number of nitrogens with zero attached hydrogens (tertiary/aromatic N) is 2. The number of hydrogen-bond donors (Lipinski definition) is 1. The number of aromatic nitrogens is 1. The molecule has 0 aliphatic carbocycles. The Labute approximate surface area is 227 Å². The molecular weight excluding hydrogens is 557 g/mol. The van der Waals surface area contributed by atoms with Gasteiger partial charge in [0.1, 0.15) is 5.82 Å². The Bertz CT molecular complexity index is 1490. The molecule has 4 aromatic rings. The fraction of sp³-hybridized carbons (Fsp3) is 0.172. The van der Waals surface area contributed by atoms with Gasteiger partial charge in [-0.25, -0.2) is 4.39 Å². The van der Waals surface area contributed by atoms with Crippen molar-refractivity contribution in [3.05, 3.63) is 99.2 Å². The highest BCUT2D eigenvalue weighted by atomic mass is 79.9. The van der Waals surface area contributed by atoms with Gasteiger partial charge < -0.3 is 14.8 Å². The summed E-state index contributed by atoms with van der Waals surface area (Å²) in [5, 5.41) is 1.53. The van der Waals surface area contributed by atoms with Crippen LogP contribution in [0.25, 0.3) is 28.2 Å². The number of amides is 2. The van der Waals surface area contributed by atoms with Gasteiger partial charge in [0.2, 0.25) is 11.8 Å². The van der Waals surface area contributed by atoms with Crippen LogP contribution in [0.1, 0.15) is 11.1 Å². The number of benzene rings is 3. The van der Waals surface area contributed by atoms with Crippen molar-refractivity contribution in [2.75, 3.05) is 26.2 Å². The van der Waals surface area contributed by atoms with Gasteiger partial charge in [0.25, 0.3) is 0 Å². The monoisotopic (exact) mass is 579 g/mol. The zero-order valence-electron chi connectivity index (χ0n) is 19.9. The molecule has 1 aliphatic heterocycles. The number of rotatable bonds is 5. The molecule has 188 valence electrons. The molecule has 3 aromatic carbocycles. The van der Waals surface area contributed by atoms with Gasteiger partial charge in [-0.15, -0.1) is 0 Å². The van der Waals surface area contributed by atoms with Crippen LogP contribution in [-0.2, 0) is 16.0 Å². The number of carbonyl (C=O) groups excluding carboxylic acids is 2. The van der Waals surface area contributed by atoms with Crippen molar-refractivity contribution >= 4 is 56.3 Å². The minimum absolute atomic E-state index is 0.0112. The van der Waals surface area contributed by atoms with Gasteiger partial charge in [0, 0.05) is 52.7 Å². The summed E-state index contributed by atoms with van der Waals surface area (Å²) in [7, 11) is 0. The van der Waals surface area contributed by atoms with E-state index < -0.39 is 0 Å². The average molecular weight is 581 g/mol. The summed E-state index contributed by atoms with van der Waals surface area (Å²) in [4.78, 5) is 33.0. The van der Waals surface area contributed by atoms with Crippen LogP contribution in [0.15, 0.2) is 77.3 Å². The van der Waals surface area contributed by atoms with Crippen LogP contribution in [0, 0.1) is 5.82 Å². The highest BCUT2D eigenvalue weighted by Gasteiger charge is 2.25. The number of carbonyl (C=O) groups is 2. The Kier molecular flexibility index (Phi) is 7.44. The van der Waals surface area contributed by atoms with Gasteiger partial charge in [-0.05, 0) is 71.3 Å². The normalized spacial score (nSPS) is 14.0. The SMILES string of the molecule is O=C(/C=C/c1ccccc1Cl)N1CCN(C(=O)Cc2c(-c3ccc(F)cc3)[nH]c3ccc(Br)cc23)CC1. The van der Waals surface area contributed by atoms with Crippen molar-refractivity contribution < 1.29 is 14.0 Å². The summed E-state index contributed by atoms with van der Waals surface area (Å²) in [5.41, 5.74) is 4.19. The van der Waals surface area contributed by atoms with E-state index in [0.29, 0.717) is 31.2 Å². The number of aromatic amines is 1. The second-order valence-corrected chi connectivity index (χ2v) is 10.2. The van der Waals surface area contributed by atoms with E-state index in [0.717, 1.165) is 37.8 Å². The van der Waals surface area contributed by atoms with E-state index in [2.05, 4.69) is 20.9 Å². The highest BCUT2D eigenvalue weighted by Crippen LogP contribution is 2.33. The molecule has 2 amide bonds. The van der Waals surface area contributed by atoms with Crippen LogP contribution in [-0.4, -0.2) is 52.8 Å². The molecule has 2 heterocycles. The average Bonchev–Trinajstić information content (AvgIpc) is 3.25. The van der Waals surface area contributed by atoms with E-state index >= 15 is 0 Å². The summed E-state index contributed by atoms with van der Waals surface area (Å²) >= 11 is 9.69. The van der Waals surface area contributed by atoms with E-state index in [4.69, 9.17) is 11.6 Å². The third-order valence-electron chi connectivity index (χ3n) is 6.58. The maximum atomic E-state index is 13.5. The first-order chi connectivity index (χ1) is 17.9. The summed E-state index contributed by atoms with van der Waals surface area (Å²) in [5.74, 6) is -0.426. The van der Waals surface area contributed by atoms with Crippen molar-refractivity contribution in [1.82, 2.24) is 14.8 Å². The first-order valence-electron chi connectivity index (χ1n) is 11.9. The third-order valence-corrected chi connectivity index (χ3v) is 7.42. The maximum absolute atomic E-state index is 13.5. The van der Waals surface area contributed by atoms with Gasteiger partial charge in [-0.3, -0.25) is 9.59 Å². The lowest BCUT2D eigenvalue weighted by Crippen LogP contribution is -2.50. The van der Waals surface area contributed by atoms with Crippen LogP contribution in [0.5, 0.6) is 0 Å². The Balaban J connectivity index is 1.29. The Morgan fingerprint density at radius 1 is 0.973 bits per heavy atom. The number of nitrogens with one attached hydrogen (secondary N) is 1. The number of H-pyrrole nitrogens is 1. The predicted molar refractivity (Wildman–Crippen MR) is 149 cm³/mol. The van der Waals surface area contributed by atoms with E-state index in [1.54, 1.807) is 34.1 Å². The maximum Gasteiger partial charge on any atom is 0.246 e. The molecule has 1 aromatic heterocycles. The topological polar surface area (TPSA) is 56.4 Å². The second-order valence-electron chi connectivity index (χ2n) is 8.91. The van der Waals surface area contributed by atoms with Crippen LogP contribution in [0.3, 0.4) is 0 Å². The Morgan fingerprint density at radius 3 is 2.41 bits per heavy atom. The van der Waals surface area contributed by atoms with E-state index in [1.807, 2.05) is 36.4 Å². The molecule has 0 saturated carbocycles. The van der Waals surface area contributed by atoms with Crippen molar-refractivity contribution in [3.8, 4) is 11.3 Å². The molecule has 1 saturated heterocycles. The van der Waals surface area contributed by atoms with Crippen molar-refractivity contribution in [2.45, 2.75) is 6.42 Å². The minimum atomic E-state index is -0.311. The lowest BCUT2D eigenvalue weighted by molar-refractivity contribution is -0.136. The number of piperazine rings is 1. The van der Waals surface area contributed by atoms with Gasteiger partial charge in [-0.2, -0.15) is 0 Å². The summed E-state index contributed by atoms with van der Waals surface area (Å²) in [6, 6.07) is 19.5. The fourth-order valence-corrected chi connectivity index (χ4v) is 5.14. The zero-order valence-corrected chi connectivity index (χ0v) is 22.2. The van der Waals surface area contributed by atoms with Crippen LogP contribution in [0.2, 0.25) is 5.02 Å². The fourth-order valence-electron chi connectivity index (χ4n) is 4.58. The minimum Gasteiger partial charge on any atom is -0.354 e. The number of halogens is 3.